The van der Waals surface area contributed by atoms with Crippen LogP contribution in [0, 0.1) is 5.92 Å². The molecule has 1 aliphatic carbocycles. The molecule has 4 atom stereocenters. The van der Waals surface area contributed by atoms with Gasteiger partial charge >= 0.3 is 0 Å². The summed E-state index contributed by atoms with van der Waals surface area (Å²) < 4.78 is 1.85. The Morgan fingerprint density at radius 3 is 2.95 bits per heavy atom. The fraction of sp³-hybridized carbons (Fsp3) is 0.538. The molecular weight excluding hydrogens is 294 g/mol. The van der Waals surface area contributed by atoms with E-state index in [9.17, 15) is 15.0 Å². The summed E-state index contributed by atoms with van der Waals surface area (Å²) in [4.78, 5) is 17.2. The van der Waals surface area contributed by atoms with Crippen LogP contribution in [0.2, 0.25) is 0 Å². The van der Waals surface area contributed by atoms with E-state index >= 15 is 0 Å². The number of nitrogens with one attached hydrogen (secondary N) is 1. The molecule has 0 bridgehead atoms. The van der Waals surface area contributed by atoms with Crippen LogP contribution in [-0.4, -0.2) is 55.5 Å². The maximum Gasteiger partial charge on any atom is 0.226 e. The minimum absolute atomic E-state index is 0.123. The number of imidazole rings is 1. The lowest BCUT2D eigenvalue weighted by atomic mass is 10.1. The van der Waals surface area contributed by atoms with Crippen molar-refractivity contribution in [1.82, 2.24) is 14.7 Å². The Bertz CT molecular complexity index is 612. The molecule has 0 aromatic carbocycles. The van der Waals surface area contributed by atoms with Crippen molar-refractivity contribution in [3.63, 3.8) is 0 Å². The van der Waals surface area contributed by atoms with Crippen LogP contribution in [-0.2, 0) is 11.2 Å². The van der Waals surface area contributed by atoms with Gasteiger partial charge in [0.2, 0.25) is 5.91 Å². The van der Waals surface area contributed by atoms with Gasteiger partial charge in [-0.15, -0.1) is 11.3 Å². The number of hydrogen-bond acceptors (Lipinski definition) is 6. The van der Waals surface area contributed by atoms with Crippen molar-refractivity contribution < 1.29 is 20.1 Å². The number of aromatic nitrogens is 2. The molecule has 1 amide bonds. The predicted octanol–water partition coefficient (Wildman–Crippen LogP) is -0.843. The number of amides is 1. The van der Waals surface area contributed by atoms with Crippen LogP contribution in [0.3, 0.4) is 0 Å². The van der Waals surface area contributed by atoms with Crippen LogP contribution < -0.4 is 5.32 Å². The van der Waals surface area contributed by atoms with Gasteiger partial charge in [0.05, 0.1) is 24.3 Å². The third-order valence-electron chi connectivity index (χ3n) is 3.87. The number of thiazole rings is 1. The molecule has 1 saturated carbocycles. The van der Waals surface area contributed by atoms with E-state index in [1.165, 1.54) is 11.3 Å². The van der Waals surface area contributed by atoms with Gasteiger partial charge in [-0.1, -0.05) is 0 Å². The molecule has 4 N–H and O–H groups in total. The van der Waals surface area contributed by atoms with Crippen molar-refractivity contribution in [2.75, 3.05) is 6.61 Å². The summed E-state index contributed by atoms with van der Waals surface area (Å²) >= 11 is 1.49. The Morgan fingerprint density at radius 2 is 2.29 bits per heavy atom. The summed E-state index contributed by atoms with van der Waals surface area (Å²) in [5.41, 5.74) is 0.658. The lowest BCUT2D eigenvalue weighted by Gasteiger charge is -2.17. The molecule has 3 rings (SSSR count). The molecule has 0 radical (unpaired) electrons. The Labute approximate surface area is 124 Å². The van der Waals surface area contributed by atoms with Crippen molar-refractivity contribution in [3.05, 3.63) is 23.5 Å². The highest BCUT2D eigenvalue weighted by Gasteiger charge is 2.41. The number of rotatable bonds is 4. The summed E-state index contributed by atoms with van der Waals surface area (Å²) in [5, 5.41) is 33.3. The first-order chi connectivity index (χ1) is 10.1. The van der Waals surface area contributed by atoms with Crippen LogP contribution in [0.4, 0.5) is 0 Å². The molecule has 2 aromatic rings. The number of carbonyl (C=O) groups excluding carboxylic acids is 1. The van der Waals surface area contributed by atoms with Gasteiger partial charge in [0.1, 0.15) is 6.10 Å². The topological polar surface area (TPSA) is 107 Å². The number of fused-ring (bicyclic) bond motifs is 1. The zero-order valence-corrected chi connectivity index (χ0v) is 12.0. The second kappa shape index (κ2) is 5.72. The van der Waals surface area contributed by atoms with Crippen LogP contribution >= 0.6 is 11.3 Å². The smallest absolute Gasteiger partial charge is 0.226 e. The fourth-order valence-electron chi connectivity index (χ4n) is 2.73. The highest BCUT2D eigenvalue weighted by Crippen LogP contribution is 2.26. The predicted molar refractivity (Wildman–Crippen MR) is 75.9 cm³/mol. The normalized spacial score (nSPS) is 29.1. The maximum absolute atomic E-state index is 12.0. The summed E-state index contributed by atoms with van der Waals surface area (Å²) in [6.45, 7) is -0.206. The molecule has 21 heavy (non-hydrogen) atoms. The van der Waals surface area contributed by atoms with E-state index in [-0.39, 0.29) is 18.9 Å². The molecule has 0 unspecified atom stereocenters. The van der Waals surface area contributed by atoms with Gasteiger partial charge in [0, 0.05) is 30.3 Å². The van der Waals surface area contributed by atoms with Crippen LogP contribution in [0.25, 0.3) is 4.96 Å². The second-order valence-corrected chi connectivity index (χ2v) is 6.21. The SMILES string of the molecule is O=C(Cc1cn2ccsc2n1)N[C@H]1C[C@@H](CO)[C@H](O)[C@@H]1O. The van der Waals surface area contributed by atoms with Crippen LogP contribution in [0.1, 0.15) is 12.1 Å². The lowest BCUT2D eigenvalue weighted by molar-refractivity contribution is -0.122. The van der Waals surface area contributed by atoms with Gasteiger partial charge in [-0.25, -0.2) is 4.98 Å². The number of carbonyl (C=O) groups is 1. The average molecular weight is 311 g/mol. The first kappa shape index (κ1) is 14.5. The maximum atomic E-state index is 12.0. The molecule has 7 nitrogen and oxygen atoms in total. The van der Waals surface area contributed by atoms with Crippen molar-refractivity contribution in [1.29, 1.82) is 0 Å². The molecule has 2 heterocycles. The van der Waals surface area contributed by atoms with Gasteiger partial charge in [-0.3, -0.25) is 9.20 Å². The van der Waals surface area contributed by atoms with E-state index in [4.69, 9.17) is 5.11 Å². The molecule has 0 saturated heterocycles. The van der Waals surface area contributed by atoms with Crippen LogP contribution in [0.15, 0.2) is 17.8 Å². The van der Waals surface area contributed by atoms with Gasteiger partial charge in [0.25, 0.3) is 0 Å². The fourth-order valence-corrected chi connectivity index (χ4v) is 3.45. The van der Waals surface area contributed by atoms with E-state index in [1.54, 1.807) is 6.20 Å². The molecule has 114 valence electrons. The first-order valence-electron chi connectivity index (χ1n) is 6.76. The molecule has 2 aromatic heterocycles. The van der Waals surface area contributed by atoms with Gasteiger partial charge in [-0.2, -0.15) is 0 Å². The summed E-state index contributed by atoms with van der Waals surface area (Å²) in [5.74, 6) is -0.654. The number of aliphatic hydroxyl groups is 3. The minimum atomic E-state index is -1.04. The van der Waals surface area contributed by atoms with Gasteiger partial charge in [0.15, 0.2) is 4.96 Å². The number of hydrogen-bond donors (Lipinski definition) is 4. The molecule has 1 aliphatic rings. The largest absolute Gasteiger partial charge is 0.396 e. The lowest BCUT2D eigenvalue weighted by Crippen LogP contribution is -2.43. The molecule has 1 fully saturated rings. The Balaban J connectivity index is 1.60. The standard InChI is InChI=1S/C13H17N3O4S/c17-6-7-3-9(12(20)11(7)19)15-10(18)4-8-5-16-1-2-21-13(16)14-8/h1-2,5,7,9,11-12,17,19-20H,3-4,6H2,(H,15,18)/t7-,9-,11-,12+/m0/s1. The summed E-state index contributed by atoms with van der Waals surface area (Å²) in [7, 11) is 0. The minimum Gasteiger partial charge on any atom is -0.396 e. The van der Waals surface area contributed by atoms with E-state index in [1.807, 2.05) is 16.0 Å². The zero-order chi connectivity index (χ0) is 15.0. The third kappa shape index (κ3) is 2.80. The highest BCUT2D eigenvalue weighted by molar-refractivity contribution is 7.15. The van der Waals surface area contributed by atoms with E-state index in [0.29, 0.717) is 12.1 Å². The average Bonchev–Trinajstić information content (AvgIpc) is 3.08. The van der Waals surface area contributed by atoms with E-state index in [0.717, 1.165) is 4.96 Å². The zero-order valence-electron chi connectivity index (χ0n) is 11.2. The van der Waals surface area contributed by atoms with Crippen LogP contribution in [0.5, 0.6) is 0 Å². The molecule has 0 aliphatic heterocycles. The van der Waals surface area contributed by atoms with E-state index in [2.05, 4.69) is 10.3 Å². The first-order valence-corrected chi connectivity index (χ1v) is 7.64. The quantitative estimate of drug-likeness (QED) is 0.589. The van der Waals surface area contributed by atoms with Gasteiger partial charge < -0.3 is 20.6 Å². The highest BCUT2D eigenvalue weighted by atomic mass is 32.1. The number of nitrogens with zero attached hydrogens (tertiary/aromatic N) is 2. The third-order valence-corrected chi connectivity index (χ3v) is 4.64. The Kier molecular flexibility index (Phi) is 3.94. The number of aliphatic hydroxyl groups excluding tert-OH is 3. The molecular formula is C13H17N3O4S. The monoisotopic (exact) mass is 311 g/mol. The molecule has 8 heteroatoms. The summed E-state index contributed by atoms with van der Waals surface area (Å²) in [6, 6.07) is -0.534. The van der Waals surface area contributed by atoms with E-state index < -0.39 is 24.2 Å². The Hall–Kier alpha value is -1.48. The van der Waals surface area contributed by atoms with Crippen molar-refractivity contribution in [3.8, 4) is 0 Å². The van der Waals surface area contributed by atoms with Crippen molar-refractivity contribution in [2.24, 2.45) is 5.92 Å². The van der Waals surface area contributed by atoms with Crippen molar-refractivity contribution >= 4 is 22.2 Å². The van der Waals surface area contributed by atoms with Crippen molar-refractivity contribution in [2.45, 2.75) is 31.1 Å². The van der Waals surface area contributed by atoms with Gasteiger partial charge in [-0.05, 0) is 6.42 Å². The Morgan fingerprint density at radius 1 is 1.48 bits per heavy atom. The second-order valence-electron chi connectivity index (χ2n) is 5.34. The molecule has 0 spiro atoms. The summed E-state index contributed by atoms with van der Waals surface area (Å²) in [6.07, 6.45) is 2.11.